The Bertz CT molecular complexity index is 731. The molecule has 0 amide bonds. The Balaban J connectivity index is 1.58. The number of halogens is 3. The Morgan fingerprint density at radius 2 is 1.96 bits per heavy atom. The number of ketones is 1. The van der Waals surface area contributed by atoms with Gasteiger partial charge in [-0.2, -0.15) is 21.6 Å². The summed E-state index contributed by atoms with van der Waals surface area (Å²) in [6.07, 6.45) is -3.24. The molecule has 0 aromatic rings. The predicted molar refractivity (Wildman–Crippen MR) is 70.8 cm³/mol. The number of rotatable bonds is 3. The second-order valence-electron chi connectivity index (χ2n) is 7.48. The fourth-order valence-corrected chi connectivity index (χ4v) is 6.37. The van der Waals surface area contributed by atoms with E-state index in [0.717, 1.165) is 0 Å². The average molecular weight is 368 g/mol. The van der Waals surface area contributed by atoms with Gasteiger partial charge in [0.05, 0.1) is 5.92 Å². The van der Waals surface area contributed by atoms with Crippen LogP contribution in [-0.4, -0.2) is 36.3 Å². The van der Waals surface area contributed by atoms with Gasteiger partial charge < -0.3 is 4.74 Å². The SMILES string of the molecule is O=C(OC(C(F)(F)F)S(=O)(=O)O)C1C2CC3CC4(C2)C(CC14)C3=O. The Hall–Kier alpha value is -1.16. The molecule has 0 radical (unpaired) electrons. The highest BCUT2D eigenvalue weighted by molar-refractivity contribution is 7.86. The van der Waals surface area contributed by atoms with E-state index in [1.807, 2.05) is 0 Å². The molecule has 1 spiro atoms. The number of hydrogen-bond donors (Lipinski definition) is 1. The number of esters is 1. The lowest BCUT2D eigenvalue weighted by Crippen LogP contribution is -2.49. The molecule has 1 N–H and O–H groups in total. The number of hydrogen-bond acceptors (Lipinski definition) is 5. The van der Waals surface area contributed by atoms with Crippen molar-refractivity contribution in [2.24, 2.45) is 35.0 Å². The van der Waals surface area contributed by atoms with Crippen LogP contribution in [0.1, 0.15) is 25.7 Å². The van der Waals surface area contributed by atoms with E-state index < -0.39 is 33.6 Å². The summed E-state index contributed by atoms with van der Waals surface area (Å²) in [5, 5.41) is 0. The monoisotopic (exact) mass is 368 g/mol. The van der Waals surface area contributed by atoms with Crippen LogP contribution in [0.4, 0.5) is 13.2 Å². The molecule has 0 aliphatic heterocycles. The molecular weight excluding hydrogens is 353 g/mol. The van der Waals surface area contributed by atoms with Crippen LogP contribution in [0.25, 0.3) is 0 Å². The standard InChI is InChI=1S/C14H15F3O6S/c15-14(16,17)12(24(20,21)22)23-11(19)9-5-1-6-4-13(3-5)7(9)2-8(13)10(6)18/h5-9,12H,1-4H2,(H,20,21,22). The van der Waals surface area contributed by atoms with Crippen molar-refractivity contribution in [3.05, 3.63) is 0 Å². The van der Waals surface area contributed by atoms with E-state index in [0.29, 0.717) is 25.7 Å². The first-order valence-corrected chi connectivity index (χ1v) is 9.23. The number of Topliss-reactive ketones (excluding diaryl/α,β-unsaturated/α-hetero) is 1. The molecule has 3 bridgehead atoms. The minimum atomic E-state index is -5.62. The Kier molecular flexibility index (Phi) is 3.07. The third-order valence-electron chi connectivity index (χ3n) is 6.50. The van der Waals surface area contributed by atoms with Crippen molar-refractivity contribution in [3.63, 3.8) is 0 Å². The second kappa shape index (κ2) is 4.51. The number of ether oxygens (including phenoxy) is 1. The van der Waals surface area contributed by atoms with Gasteiger partial charge >= 0.3 is 27.7 Å². The van der Waals surface area contributed by atoms with Crippen LogP contribution >= 0.6 is 0 Å². The largest absolute Gasteiger partial charge is 0.443 e. The number of alkyl halides is 3. The smallest absolute Gasteiger partial charge is 0.433 e. The van der Waals surface area contributed by atoms with E-state index in [4.69, 9.17) is 4.55 Å². The van der Waals surface area contributed by atoms with Gasteiger partial charge in [-0.3, -0.25) is 14.1 Å². The third kappa shape index (κ3) is 1.95. The quantitative estimate of drug-likeness (QED) is 0.600. The first kappa shape index (κ1) is 16.3. The van der Waals surface area contributed by atoms with Gasteiger partial charge in [0, 0.05) is 11.8 Å². The van der Waals surface area contributed by atoms with Gasteiger partial charge in [0.1, 0.15) is 5.78 Å². The second-order valence-corrected chi connectivity index (χ2v) is 8.94. The predicted octanol–water partition coefficient (Wildman–Crippen LogP) is 1.56. The first-order chi connectivity index (χ1) is 10.9. The molecule has 4 saturated carbocycles. The molecule has 6 nitrogen and oxygen atoms in total. The zero-order valence-electron chi connectivity index (χ0n) is 12.3. The lowest BCUT2D eigenvalue weighted by molar-refractivity contribution is -0.205. The fourth-order valence-electron chi connectivity index (χ4n) is 5.82. The Morgan fingerprint density at radius 3 is 2.54 bits per heavy atom. The van der Waals surface area contributed by atoms with Gasteiger partial charge in [0.25, 0.3) is 0 Å². The van der Waals surface area contributed by atoms with E-state index >= 15 is 0 Å². The van der Waals surface area contributed by atoms with E-state index in [2.05, 4.69) is 4.74 Å². The van der Waals surface area contributed by atoms with Crippen molar-refractivity contribution >= 4 is 21.9 Å². The highest BCUT2D eigenvalue weighted by Gasteiger charge is 2.75. The van der Waals surface area contributed by atoms with Crippen LogP contribution in [-0.2, 0) is 24.4 Å². The molecule has 4 fully saturated rings. The highest BCUT2D eigenvalue weighted by Crippen LogP contribution is 2.76. The molecule has 4 aliphatic carbocycles. The number of carbonyl (C=O) groups is 2. The molecule has 4 aliphatic rings. The van der Waals surface area contributed by atoms with Crippen molar-refractivity contribution < 1.29 is 40.5 Å². The Labute approximate surface area is 135 Å². The molecule has 7 unspecified atom stereocenters. The van der Waals surface area contributed by atoms with Crippen LogP contribution in [0.2, 0.25) is 0 Å². The maximum atomic E-state index is 12.8. The number of fused-ring (bicyclic) bond motifs is 2. The van der Waals surface area contributed by atoms with E-state index in [-0.39, 0.29) is 34.9 Å². The molecule has 24 heavy (non-hydrogen) atoms. The van der Waals surface area contributed by atoms with Crippen LogP contribution in [0, 0.1) is 35.0 Å². The lowest BCUT2D eigenvalue weighted by Gasteiger charge is -2.48. The minimum absolute atomic E-state index is 0.115. The molecule has 0 aromatic heterocycles. The van der Waals surface area contributed by atoms with Crippen LogP contribution in [0.5, 0.6) is 0 Å². The Morgan fingerprint density at radius 1 is 1.29 bits per heavy atom. The summed E-state index contributed by atoms with van der Waals surface area (Å²) in [7, 11) is -5.62. The highest BCUT2D eigenvalue weighted by atomic mass is 32.2. The summed E-state index contributed by atoms with van der Waals surface area (Å²) in [5.41, 5.74) is -3.87. The van der Waals surface area contributed by atoms with E-state index in [1.54, 1.807) is 0 Å². The maximum absolute atomic E-state index is 12.8. The molecular formula is C14H15F3O6S. The zero-order valence-corrected chi connectivity index (χ0v) is 13.1. The van der Waals surface area contributed by atoms with Crippen molar-refractivity contribution in [2.75, 3.05) is 0 Å². The summed E-state index contributed by atoms with van der Waals surface area (Å²) in [5.74, 6) is -2.61. The van der Waals surface area contributed by atoms with Crippen LogP contribution in [0.15, 0.2) is 0 Å². The van der Waals surface area contributed by atoms with Gasteiger partial charge in [-0.05, 0) is 42.9 Å². The minimum Gasteiger partial charge on any atom is -0.433 e. The summed E-state index contributed by atoms with van der Waals surface area (Å²) in [6.45, 7) is 0. The zero-order chi connectivity index (χ0) is 17.7. The van der Waals surface area contributed by atoms with Crippen molar-refractivity contribution in [3.8, 4) is 0 Å². The molecule has 0 aromatic carbocycles. The molecule has 10 heteroatoms. The van der Waals surface area contributed by atoms with Gasteiger partial charge in [-0.25, -0.2) is 0 Å². The summed E-state index contributed by atoms with van der Waals surface area (Å²) < 4.78 is 73.1. The average Bonchev–Trinajstić information content (AvgIpc) is 2.68. The summed E-state index contributed by atoms with van der Waals surface area (Å²) in [6, 6.07) is 0. The van der Waals surface area contributed by atoms with Crippen LogP contribution < -0.4 is 0 Å². The number of carbonyl (C=O) groups excluding carboxylic acids is 2. The van der Waals surface area contributed by atoms with Gasteiger partial charge in [-0.15, -0.1) is 0 Å². The lowest BCUT2D eigenvalue weighted by atomic mass is 9.54. The summed E-state index contributed by atoms with van der Waals surface area (Å²) >= 11 is 0. The van der Waals surface area contributed by atoms with E-state index in [1.165, 1.54) is 0 Å². The molecule has 134 valence electrons. The maximum Gasteiger partial charge on any atom is 0.443 e. The van der Waals surface area contributed by atoms with Crippen LogP contribution in [0.3, 0.4) is 0 Å². The van der Waals surface area contributed by atoms with Gasteiger partial charge in [0.2, 0.25) is 0 Å². The third-order valence-corrected chi connectivity index (χ3v) is 7.40. The first-order valence-electron chi connectivity index (χ1n) is 7.72. The van der Waals surface area contributed by atoms with Gasteiger partial charge in [-0.1, -0.05) is 0 Å². The molecule has 7 atom stereocenters. The van der Waals surface area contributed by atoms with Crippen molar-refractivity contribution in [1.82, 2.24) is 0 Å². The normalized spacial score (nSPS) is 44.2. The molecule has 0 saturated heterocycles. The molecule has 0 heterocycles. The van der Waals surface area contributed by atoms with E-state index in [9.17, 15) is 31.2 Å². The topological polar surface area (TPSA) is 97.7 Å². The molecule has 4 rings (SSSR count). The van der Waals surface area contributed by atoms with Crippen molar-refractivity contribution in [1.29, 1.82) is 0 Å². The van der Waals surface area contributed by atoms with Gasteiger partial charge in [0.15, 0.2) is 0 Å². The summed E-state index contributed by atoms with van der Waals surface area (Å²) in [4.78, 5) is 24.4. The van der Waals surface area contributed by atoms with Crippen molar-refractivity contribution in [2.45, 2.75) is 37.3 Å². The fraction of sp³-hybridized carbons (Fsp3) is 0.857.